The maximum absolute atomic E-state index is 5.32. The average Bonchev–Trinajstić information content (AvgIpc) is 2.47. The summed E-state index contributed by atoms with van der Waals surface area (Å²) in [7, 11) is 1.97. The van der Waals surface area contributed by atoms with Crippen molar-refractivity contribution < 1.29 is 0 Å². The van der Waals surface area contributed by atoms with Crippen LogP contribution in [0.15, 0.2) is 59.4 Å². The molecule has 1 atom stereocenters. The van der Waals surface area contributed by atoms with Crippen molar-refractivity contribution in [2.75, 3.05) is 7.05 Å². The smallest absolute Gasteiger partial charge is 0.0466 e. The van der Waals surface area contributed by atoms with Gasteiger partial charge in [0.05, 0.1) is 0 Å². The molecule has 1 rings (SSSR count). The van der Waals surface area contributed by atoms with Gasteiger partial charge in [0.15, 0.2) is 0 Å². The SMILES string of the molecule is CNC1C=CC=C(/C(C)=C/C=C\N)C=C1C. The number of rotatable bonds is 3. The third kappa shape index (κ3) is 3.24. The number of hydrogen-bond acceptors (Lipinski definition) is 2. The zero-order valence-corrected chi connectivity index (χ0v) is 10.2. The Hall–Kier alpha value is -1.54. The van der Waals surface area contributed by atoms with E-state index in [9.17, 15) is 0 Å². The number of nitrogens with one attached hydrogen (secondary N) is 1. The van der Waals surface area contributed by atoms with Crippen LogP contribution in [0.2, 0.25) is 0 Å². The molecule has 1 aliphatic carbocycles. The Morgan fingerprint density at radius 2 is 2.25 bits per heavy atom. The highest BCUT2D eigenvalue weighted by atomic mass is 14.9. The third-order valence-corrected chi connectivity index (χ3v) is 2.68. The number of nitrogens with two attached hydrogens (primary N) is 1. The maximum Gasteiger partial charge on any atom is 0.0466 e. The summed E-state index contributed by atoms with van der Waals surface area (Å²) in [5.41, 5.74) is 9.07. The van der Waals surface area contributed by atoms with Crippen molar-refractivity contribution in [1.82, 2.24) is 5.32 Å². The first-order valence-corrected chi connectivity index (χ1v) is 5.48. The average molecular weight is 216 g/mol. The minimum Gasteiger partial charge on any atom is -0.405 e. The topological polar surface area (TPSA) is 38.0 Å². The van der Waals surface area contributed by atoms with Gasteiger partial charge in [0, 0.05) is 6.04 Å². The van der Waals surface area contributed by atoms with E-state index in [2.05, 4.69) is 43.5 Å². The van der Waals surface area contributed by atoms with Gasteiger partial charge < -0.3 is 11.1 Å². The minimum absolute atomic E-state index is 0.326. The molecule has 0 aromatic carbocycles. The fourth-order valence-corrected chi connectivity index (χ4v) is 1.67. The lowest BCUT2D eigenvalue weighted by Gasteiger charge is -2.11. The Morgan fingerprint density at radius 1 is 1.50 bits per heavy atom. The largest absolute Gasteiger partial charge is 0.405 e. The molecule has 3 N–H and O–H groups in total. The molecule has 0 aliphatic heterocycles. The molecule has 0 heterocycles. The van der Waals surface area contributed by atoms with Crippen molar-refractivity contribution in [3.63, 3.8) is 0 Å². The van der Waals surface area contributed by atoms with Gasteiger partial charge in [-0.1, -0.05) is 36.0 Å². The fraction of sp³-hybridized carbons (Fsp3) is 0.286. The van der Waals surface area contributed by atoms with Crippen LogP contribution >= 0.6 is 0 Å². The van der Waals surface area contributed by atoms with Crippen molar-refractivity contribution in [2.45, 2.75) is 19.9 Å². The van der Waals surface area contributed by atoms with Gasteiger partial charge in [-0.25, -0.2) is 0 Å². The standard InChI is InChI=1S/C14H20N2/c1-11(6-5-9-15)13-7-4-8-14(16-3)12(2)10-13/h4-10,14,16H,15H2,1-3H3/b9-5-,11-6+. The van der Waals surface area contributed by atoms with Crippen molar-refractivity contribution in [2.24, 2.45) is 5.73 Å². The molecular weight excluding hydrogens is 196 g/mol. The summed E-state index contributed by atoms with van der Waals surface area (Å²) < 4.78 is 0. The molecule has 1 aliphatic rings. The van der Waals surface area contributed by atoms with Gasteiger partial charge >= 0.3 is 0 Å². The van der Waals surface area contributed by atoms with Gasteiger partial charge in [0.25, 0.3) is 0 Å². The number of hydrogen-bond donors (Lipinski definition) is 2. The summed E-state index contributed by atoms with van der Waals surface area (Å²) in [6.45, 7) is 4.22. The molecule has 0 spiro atoms. The normalized spacial score (nSPS) is 21.9. The predicted octanol–water partition coefficient (Wildman–Crippen LogP) is 2.44. The molecule has 86 valence electrons. The lowest BCUT2D eigenvalue weighted by molar-refractivity contribution is 0.752. The van der Waals surface area contributed by atoms with E-state index in [-0.39, 0.29) is 0 Å². The van der Waals surface area contributed by atoms with Gasteiger partial charge in [0.2, 0.25) is 0 Å². The highest BCUT2D eigenvalue weighted by Gasteiger charge is 2.07. The molecular formula is C14H20N2. The summed E-state index contributed by atoms with van der Waals surface area (Å²) in [6.07, 6.45) is 14.0. The van der Waals surface area contributed by atoms with Crippen molar-refractivity contribution in [1.29, 1.82) is 0 Å². The Labute approximate surface area is 97.9 Å². The molecule has 1 unspecified atom stereocenters. The number of allylic oxidation sites excluding steroid dienone is 7. The highest BCUT2D eigenvalue weighted by molar-refractivity contribution is 5.46. The molecule has 0 radical (unpaired) electrons. The fourth-order valence-electron chi connectivity index (χ4n) is 1.67. The van der Waals surface area contributed by atoms with Gasteiger partial charge in [-0.2, -0.15) is 0 Å². The summed E-state index contributed by atoms with van der Waals surface area (Å²) in [6, 6.07) is 0.326. The van der Waals surface area contributed by atoms with Crippen LogP contribution in [-0.2, 0) is 0 Å². The van der Waals surface area contributed by atoms with E-state index in [4.69, 9.17) is 5.73 Å². The molecule has 0 aromatic rings. The van der Waals surface area contributed by atoms with Gasteiger partial charge in [0.1, 0.15) is 0 Å². The first kappa shape index (κ1) is 12.5. The van der Waals surface area contributed by atoms with Gasteiger partial charge in [-0.05, 0) is 44.3 Å². The molecule has 0 aromatic heterocycles. The Bertz CT molecular complexity index is 382. The molecule has 16 heavy (non-hydrogen) atoms. The van der Waals surface area contributed by atoms with Crippen LogP contribution < -0.4 is 11.1 Å². The first-order chi connectivity index (χ1) is 7.69. The molecule has 0 amide bonds. The highest BCUT2D eigenvalue weighted by Crippen LogP contribution is 2.18. The van der Waals surface area contributed by atoms with Gasteiger partial charge in [-0.15, -0.1) is 0 Å². The molecule has 0 saturated heterocycles. The summed E-state index contributed by atoms with van der Waals surface area (Å²) in [5, 5.41) is 3.25. The zero-order valence-electron chi connectivity index (χ0n) is 10.2. The Morgan fingerprint density at radius 3 is 2.88 bits per heavy atom. The monoisotopic (exact) mass is 216 g/mol. The van der Waals surface area contributed by atoms with E-state index in [1.807, 2.05) is 19.2 Å². The van der Waals surface area contributed by atoms with E-state index < -0.39 is 0 Å². The number of likely N-dealkylation sites (N-methyl/N-ethyl adjacent to an activating group) is 1. The second-order valence-corrected chi connectivity index (χ2v) is 3.90. The Kier molecular flexibility index (Phi) is 4.80. The second kappa shape index (κ2) is 6.13. The first-order valence-electron chi connectivity index (χ1n) is 5.48. The van der Waals surface area contributed by atoms with E-state index in [0.717, 1.165) is 0 Å². The van der Waals surface area contributed by atoms with Crippen LogP contribution in [0, 0.1) is 0 Å². The van der Waals surface area contributed by atoms with E-state index in [1.165, 1.54) is 16.7 Å². The molecule has 0 saturated carbocycles. The van der Waals surface area contributed by atoms with Crippen LogP contribution in [0.5, 0.6) is 0 Å². The van der Waals surface area contributed by atoms with Crippen LogP contribution in [0.1, 0.15) is 13.8 Å². The predicted molar refractivity (Wildman–Crippen MR) is 70.9 cm³/mol. The van der Waals surface area contributed by atoms with E-state index in [1.54, 1.807) is 6.20 Å². The van der Waals surface area contributed by atoms with Crippen LogP contribution in [0.4, 0.5) is 0 Å². The van der Waals surface area contributed by atoms with Crippen LogP contribution in [-0.4, -0.2) is 13.1 Å². The molecule has 2 nitrogen and oxygen atoms in total. The minimum atomic E-state index is 0.326. The second-order valence-electron chi connectivity index (χ2n) is 3.90. The van der Waals surface area contributed by atoms with E-state index >= 15 is 0 Å². The lowest BCUT2D eigenvalue weighted by Crippen LogP contribution is -2.23. The van der Waals surface area contributed by atoms with Crippen LogP contribution in [0.25, 0.3) is 0 Å². The summed E-state index contributed by atoms with van der Waals surface area (Å²) >= 11 is 0. The van der Waals surface area contributed by atoms with E-state index in [0.29, 0.717) is 6.04 Å². The molecule has 2 heteroatoms. The summed E-state index contributed by atoms with van der Waals surface area (Å²) in [5.74, 6) is 0. The van der Waals surface area contributed by atoms with Crippen molar-refractivity contribution in [3.05, 3.63) is 59.4 Å². The lowest BCUT2D eigenvalue weighted by atomic mass is 10.0. The van der Waals surface area contributed by atoms with Gasteiger partial charge in [-0.3, -0.25) is 0 Å². The van der Waals surface area contributed by atoms with Crippen molar-refractivity contribution in [3.8, 4) is 0 Å². The molecule has 0 bridgehead atoms. The zero-order chi connectivity index (χ0) is 12.0. The Balaban J connectivity index is 2.96. The molecule has 0 fully saturated rings. The third-order valence-electron chi connectivity index (χ3n) is 2.68. The van der Waals surface area contributed by atoms with Crippen molar-refractivity contribution >= 4 is 0 Å². The maximum atomic E-state index is 5.32. The quantitative estimate of drug-likeness (QED) is 0.711. The summed E-state index contributed by atoms with van der Waals surface area (Å²) in [4.78, 5) is 0. The van der Waals surface area contributed by atoms with Crippen LogP contribution in [0.3, 0.4) is 0 Å².